The number of halogens is 2. The Morgan fingerprint density at radius 1 is 1.38 bits per heavy atom. The molecule has 0 aliphatic rings. The molecule has 1 heterocycles. The van der Waals surface area contributed by atoms with Crippen molar-refractivity contribution < 1.29 is 4.39 Å². The third-order valence-electron chi connectivity index (χ3n) is 1.60. The van der Waals surface area contributed by atoms with Crippen LogP contribution in [-0.4, -0.2) is 4.98 Å². The standard InChI is InChI=1S/C9H5BrFNS/c10-7-5-6(1-2-8(7)11)9-12-3-4-13-9/h1-5H. The van der Waals surface area contributed by atoms with Crippen molar-refractivity contribution in [2.45, 2.75) is 0 Å². The zero-order valence-electron chi connectivity index (χ0n) is 6.50. The first-order valence-corrected chi connectivity index (χ1v) is 5.29. The summed E-state index contributed by atoms with van der Waals surface area (Å²) in [7, 11) is 0. The summed E-state index contributed by atoms with van der Waals surface area (Å²) in [5, 5.41) is 2.80. The van der Waals surface area contributed by atoms with Gasteiger partial charge in [-0.15, -0.1) is 11.3 Å². The Morgan fingerprint density at radius 2 is 2.23 bits per heavy atom. The molecule has 0 fully saturated rings. The fourth-order valence-electron chi connectivity index (χ4n) is 0.995. The highest BCUT2D eigenvalue weighted by atomic mass is 79.9. The molecule has 0 unspecified atom stereocenters. The van der Waals surface area contributed by atoms with Gasteiger partial charge in [0.25, 0.3) is 0 Å². The van der Waals surface area contributed by atoms with Crippen molar-refractivity contribution in [2.24, 2.45) is 0 Å². The highest BCUT2D eigenvalue weighted by molar-refractivity contribution is 9.10. The van der Waals surface area contributed by atoms with Crippen molar-refractivity contribution in [3.63, 3.8) is 0 Å². The molecule has 1 aromatic heterocycles. The molecule has 0 N–H and O–H groups in total. The van der Waals surface area contributed by atoms with Gasteiger partial charge in [0, 0.05) is 17.1 Å². The molecule has 0 saturated carbocycles. The van der Waals surface area contributed by atoms with E-state index in [0.29, 0.717) is 4.47 Å². The third-order valence-corrected chi connectivity index (χ3v) is 3.03. The van der Waals surface area contributed by atoms with Crippen LogP contribution in [0.4, 0.5) is 4.39 Å². The van der Waals surface area contributed by atoms with Crippen molar-refractivity contribution in [3.8, 4) is 10.6 Å². The van der Waals surface area contributed by atoms with Crippen LogP contribution in [0.3, 0.4) is 0 Å². The number of rotatable bonds is 1. The topological polar surface area (TPSA) is 12.9 Å². The van der Waals surface area contributed by atoms with Gasteiger partial charge in [0.2, 0.25) is 0 Å². The SMILES string of the molecule is Fc1ccc(-c2nccs2)cc1Br. The second-order valence-electron chi connectivity index (χ2n) is 2.47. The van der Waals surface area contributed by atoms with Crippen LogP contribution < -0.4 is 0 Å². The van der Waals surface area contributed by atoms with E-state index >= 15 is 0 Å². The molecular formula is C9H5BrFNS. The molecule has 2 rings (SSSR count). The van der Waals surface area contributed by atoms with E-state index in [1.807, 2.05) is 5.38 Å². The van der Waals surface area contributed by atoms with Crippen LogP contribution >= 0.6 is 27.3 Å². The van der Waals surface area contributed by atoms with Gasteiger partial charge in [0.15, 0.2) is 0 Å². The minimum absolute atomic E-state index is 0.250. The molecule has 0 spiro atoms. The summed E-state index contributed by atoms with van der Waals surface area (Å²) < 4.78 is 13.3. The molecule has 4 heteroatoms. The first-order chi connectivity index (χ1) is 6.27. The summed E-state index contributed by atoms with van der Waals surface area (Å²) >= 11 is 4.67. The molecule has 13 heavy (non-hydrogen) atoms. The predicted molar refractivity (Wildman–Crippen MR) is 55.2 cm³/mol. The first kappa shape index (κ1) is 8.84. The van der Waals surface area contributed by atoms with E-state index in [-0.39, 0.29) is 5.82 Å². The average Bonchev–Trinajstić information content (AvgIpc) is 2.62. The maximum Gasteiger partial charge on any atom is 0.137 e. The zero-order valence-corrected chi connectivity index (χ0v) is 8.90. The number of hydrogen-bond acceptors (Lipinski definition) is 2. The van der Waals surface area contributed by atoms with Gasteiger partial charge in [0.05, 0.1) is 4.47 Å². The van der Waals surface area contributed by atoms with E-state index in [0.717, 1.165) is 10.6 Å². The normalized spacial score (nSPS) is 10.3. The fraction of sp³-hybridized carbons (Fsp3) is 0. The largest absolute Gasteiger partial charge is 0.245 e. The minimum atomic E-state index is -0.250. The van der Waals surface area contributed by atoms with Gasteiger partial charge in [-0.05, 0) is 34.1 Å². The van der Waals surface area contributed by atoms with E-state index in [9.17, 15) is 4.39 Å². The van der Waals surface area contributed by atoms with Gasteiger partial charge < -0.3 is 0 Å². The maximum atomic E-state index is 12.9. The molecule has 1 nitrogen and oxygen atoms in total. The Bertz CT molecular complexity index is 414. The molecule has 0 amide bonds. The molecule has 0 aliphatic carbocycles. The Labute approximate surface area is 87.4 Å². The second kappa shape index (κ2) is 3.55. The number of benzene rings is 1. The summed E-state index contributed by atoms with van der Waals surface area (Å²) in [5.41, 5.74) is 0.934. The fourth-order valence-corrected chi connectivity index (χ4v) is 2.01. The van der Waals surface area contributed by atoms with Crippen LogP contribution in [0.1, 0.15) is 0 Å². The lowest BCUT2D eigenvalue weighted by Crippen LogP contribution is -1.79. The summed E-state index contributed by atoms with van der Waals surface area (Å²) in [6, 6.07) is 4.88. The molecule has 0 atom stereocenters. The molecule has 0 radical (unpaired) electrons. The van der Waals surface area contributed by atoms with Gasteiger partial charge in [-0.25, -0.2) is 9.37 Å². The minimum Gasteiger partial charge on any atom is -0.245 e. The lowest BCUT2D eigenvalue weighted by Gasteiger charge is -1.97. The molecule has 0 saturated heterocycles. The molecule has 0 aliphatic heterocycles. The van der Waals surface area contributed by atoms with Crippen molar-refractivity contribution in [3.05, 3.63) is 40.1 Å². The van der Waals surface area contributed by atoms with E-state index < -0.39 is 0 Å². The smallest absolute Gasteiger partial charge is 0.137 e. The van der Waals surface area contributed by atoms with Gasteiger partial charge in [-0.3, -0.25) is 0 Å². The second-order valence-corrected chi connectivity index (χ2v) is 4.22. The highest BCUT2D eigenvalue weighted by Crippen LogP contribution is 2.26. The van der Waals surface area contributed by atoms with Crippen LogP contribution in [0.5, 0.6) is 0 Å². The number of aromatic nitrogens is 1. The summed E-state index contributed by atoms with van der Waals surface area (Å²) in [5.74, 6) is -0.250. The number of thiazole rings is 1. The van der Waals surface area contributed by atoms with Crippen molar-refractivity contribution in [1.82, 2.24) is 4.98 Å². The van der Waals surface area contributed by atoms with Crippen LogP contribution in [-0.2, 0) is 0 Å². The molecular weight excluding hydrogens is 253 g/mol. The Morgan fingerprint density at radius 3 is 2.85 bits per heavy atom. The Hall–Kier alpha value is -0.740. The Kier molecular flexibility index (Phi) is 2.42. The third kappa shape index (κ3) is 1.78. The summed E-state index contributed by atoms with van der Waals surface area (Å²) in [6.07, 6.45) is 1.73. The summed E-state index contributed by atoms with van der Waals surface area (Å²) in [4.78, 5) is 4.13. The lowest BCUT2D eigenvalue weighted by molar-refractivity contribution is 0.621. The zero-order chi connectivity index (χ0) is 9.26. The van der Waals surface area contributed by atoms with E-state index in [1.165, 1.54) is 17.4 Å². The molecule has 66 valence electrons. The van der Waals surface area contributed by atoms with E-state index in [1.54, 1.807) is 18.3 Å². The van der Waals surface area contributed by atoms with Gasteiger partial charge in [-0.2, -0.15) is 0 Å². The molecule has 2 aromatic rings. The van der Waals surface area contributed by atoms with Crippen LogP contribution in [0, 0.1) is 5.82 Å². The van der Waals surface area contributed by atoms with Gasteiger partial charge >= 0.3 is 0 Å². The average molecular weight is 258 g/mol. The van der Waals surface area contributed by atoms with Gasteiger partial charge in [0.1, 0.15) is 10.8 Å². The lowest BCUT2D eigenvalue weighted by atomic mass is 10.2. The Balaban J connectivity index is 2.49. The van der Waals surface area contributed by atoms with Crippen molar-refractivity contribution in [1.29, 1.82) is 0 Å². The van der Waals surface area contributed by atoms with E-state index in [2.05, 4.69) is 20.9 Å². The van der Waals surface area contributed by atoms with Crippen LogP contribution in [0.2, 0.25) is 0 Å². The molecule has 0 bridgehead atoms. The number of nitrogens with zero attached hydrogens (tertiary/aromatic N) is 1. The van der Waals surface area contributed by atoms with Gasteiger partial charge in [-0.1, -0.05) is 0 Å². The quantitative estimate of drug-likeness (QED) is 0.759. The van der Waals surface area contributed by atoms with Crippen molar-refractivity contribution in [2.75, 3.05) is 0 Å². The summed E-state index contributed by atoms with van der Waals surface area (Å²) in [6.45, 7) is 0. The van der Waals surface area contributed by atoms with Crippen molar-refractivity contribution >= 4 is 27.3 Å². The first-order valence-electron chi connectivity index (χ1n) is 3.62. The van der Waals surface area contributed by atoms with E-state index in [4.69, 9.17) is 0 Å². The maximum absolute atomic E-state index is 12.9. The highest BCUT2D eigenvalue weighted by Gasteiger charge is 2.03. The molecule has 1 aromatic carbocycles. The predicted octanol–water partition coefficient (Wildman–Crippen LogP) is 3.71. The number of hydrogen-bond donors (Lipinski definition) is 0. The van der Waals surface area contributed by atoms with Crippen LogP contribution in [0.25, 0.3) is 10.6 Å². The monoisotopic (exact) mass is 257 g/mol. The van der Waals surface area contributed by atoms with Crippen LogP contribution in [0.15, 0.2) is 34.2 Å².